The van der Waals surface area contributed by atoms with Gasteiger partial charge in [-0.15, -0.1) is 0 Å². The zero-order valence-electron chi connectivity index (χ0n) is 22.8. The van der Waals surface area contributed by atoms with Crippen molar-refractivity contribution in [2.45, 2.75) is 31.8 Å². The van der Waals surface area contributed by atoms with Crippen LogP contribution in [-0.4, -0.2) is 33.8 Å². The van der Waals surface area contributed by atoms with Crippen LogP contribution in [0.25, 0.3) is 10.9 Å². The number of fused-ring (bicyclic) bond motifs is 4. The lowest BCUT2D eigenvalue weighted by molar-refractivity contribution is -0.120. The number of aromatic amines is 1. The van der Waals surface area contributed by atoms with E-state index in [4.69, 9.17) is 11.6 Å². The maximum Gasteiger partial charge on any atom is 0.332 e. The number of nitrogens with zero attached hydrogens (tertiary/aromatic N) is 2. The highest BCUT2D eigenvalue weighted by atomic mass is 35.5. The molecular formula is C34H27ClN4O3. The topological polar surface area (TPSA) is 85.5 Å². The van der Waals surface area contributed by atoms with Crippen LogP contribution in [0.1, 0.15) is 45.7 Å². The quantitative estimate of drug-likeness (QED) is 0.219. The van der Waals surface area contributed by atoms with E-state index in [1.165, 1.54) is 0 Å². The van der Waals surface area contributed by atoms with Crippen LogP contribution in [0.15, 0.2) is 97.1 Å². The number of carbonyl (C=O) groups is 3. The number of para-hydroxylation sites is 2. The number of aryl methyl sites for hydroxylation is 1. The van der Waals surface area contributed by atoms with E-state index in [1.54, 1.807) is 35.2 Å². The molecule has 7 nitrogen and oxygen atoms in total. The molecule has 7 rings (SSSR count). The highest BCUT2D eigenvalue weighted by Gasteiger charge is 2.53. The van der Waals surface area contributed by atoms with E-state index < -0.39 is 24.0 Å². The van der Waals surface area contributed by atoms with E-state index >= 15 is 0 Å². The van der Waals surface area contributed by atoms with Gasteiger partial charge in [0.2, 0.25) is 0 Å². The second-order valence-corrected chi connectivity index (χ2v) is 11.1. The molecule has 2 N–H and O–H groups in total. The summed E-state index contributed by atoms with van der Waals surface area (Å²) in [6.07, 6.45) is 1.25. The molecule has 3 heterocycles. The van der Waals surface area contributed by atoms with Gasteiger partial charge < -0.3 is 10.3 Å². The first-order chi connectivity index (χ1) is 20.4. The minimum absolute atomic E-state index is 0.238. The summed E-state index contributed by atoms with van der Waals surface area (Å²) >= 11 is 6.41. The molecule has 42 heavy (non-hydrogen) atoms. The molecule has 0 spiro atoms. The normalized spacial score (nSPS) is 17.9. The largest absolute Gasteiger partial charge is 0.356 e. The van der Waals surface area contributed by atoms with Gasteiger partial charge in [0.25, 0.3) is 11.8 Å². The predicted octanol–water partition coefficient (Wildman–Crippen LogP) is 7.12. The van der Waals surface area contributed by atoms with Crippen molar-refractivity contribution in [1.29, 1.82) is 0 Å². The van der Waals surface area contributed by atoms with E-state index in [1.807, 2.05) is 66.7 Å². The summed E-state index contributed by atoms with van der Waals surface area (Å²) in [7, 11) is 0. The van der Waals surface area contributed by atoms with Crippen molar-refractivity contribution in [3.05, 3.63) is 130 Å². The van der Waals surface area contributed by atoms with Crippen molar-refractivity contribution in [1.82, 2.24) is 9.88 Å². The molecule has 0 radical (unpaired) electrons. The number of rotatable bonds is 5. The molecule has 8 heteroatoms. The lowest BCUT2D eigenvalue weighted by atomic mass is 9.89. The molecule has 5 aromatic rings. The van der Waals surface area contributed by atoms with E-state index in [0.29, 0.717) is 17.1 Å². The van der Waals surface area contributed by atoms with Crippen LogP contribution in [0.4, 0.5) is 16.2 Å². The fourth-order valence-corrected chi connectivity index (χ4v) is 6.40. The zero-order valence-corrected chi connectivity index (χ0v) is 23.6. The Balaban J connectivity index is 1.30. The standard InChI is InChI=1S/C34H27ClN4O3/c1-2-20-14-16-23(17-15-20)36-32(40)25-11-4-6-13-28(25)39-33(41)29-19-26-24-10-3-5-12-27(24)37-30(26)31(38(29)34(39)42)21-8-7-9-22(35)18-21/h3-18,29,31,37H,2,19H2,1H3,(H,36,40)/t29-,31-/m0/s1. The third kappa shape index (κ3) is 4.16. The summed E-state index contributed by atoms with van der Waals surface area (Å²) in [4.78, 5) is 48.3. The van der Waals surface area contributed by atoms with Crippen molar-refractivity contribution in [2.24, 2.45) is 0 Å². The predicted molar refractivity (Wildman–Crippen MR) is 164 cm³/mol. The number of halogens is 1. The molecule has 2 atom stereocenters. The van der Waals surface area contributed by atoms with Gasteiger partial charge in [0, 0.05) is 33.7 Å². The van der Waals surface area contributed by atoms with E-state index in [9.17, 15) is 14.4 Å². The Bertz CT molecular complexity index is 1880. The molecule has 1 saturated heterocycles. The van der Waals surface area contributed by atoms with Crippen LogP contribution in [-0.2, 0) is 17.6 Å². The minimum Gasteiger partial charge on any atom is -0.356 e. The molecule has 0 aliphatic carbocycles. The van der Waals surface area contributed by atoms with Gasteiger partial charge in [-0.05, 0) is 65.6 Å². The van der Waals surface area contributed by atoms with Crippen LogP contribution >= 0.6 is 11.6 Å². The van der Waals surface area contributed by atoms with Gasteiger partial charge >= 0.3 is 6.03 Å². The highest BCUT2D eigenvalue weighted by Crippen LogP contribution is 2.45. The Morgan fingerprint density at radius 1 is 0.952 bits per heavy atom. The molecule has 2 aliphatic heterocycles. The second kappa shape index (κ2) is 10.2. The fraction of sp³-hybridized carbons (Fsp3) is 0.147. The van der Waals surface area contributed by atoms with Crippen LogP contribution in [0.5, 0.6) is 0 Å². The molecule has 0 unspecified atom stereocenters. The van der Waals surface area contributed by atoms with Gasteiger partial charge in [0.05, 0.1) is 11.3 Å². The molecule has 0 saturated carbocycles. The summed E-state index contributed by atoms with van der Waals surface area (Å²) in [6, 6.07) is 27.9. The Hall–Kier alpha value is -4.88. The van der Waals surface area contributed by atoms with Crippen molar-refractivity contribution in [2.75, 3.05) is 10.2 Å². The first kappa shape index (κ1) is 26.0. The van der Waals surface area contributed by atoms with Gasteiger partial charge in [-0.3, -0.25) is 14.5 Å². The number of anilines is 2. The Morgan fingerprint density at radius 3 is 2.50 bits per heavy atom. The number of H-pyrrole nitrogens is 1. The second-order valence-electron chi connectivity index (χ2n) is 10.6. The number of nitrogens with one attached hydrogen (secondary N) is 2. The van der Waals surface area contributed by atoms with Crippen LogP contribution in [0.3, 0.4) is 0 Å². The molecule has 4 amide bonds. The van der Waals surface area contributed by atoms with E-state index in [2.05, 4.69) is 17.2 Å². The maximum atomic E-state index is 14.3. The molecule has 2 aliphatic rings. The lowest BCUT2D eigenvalue weighted by Gasteiger charge is -2.36. The molecular weight excluding hydrogens is 548 g/mol. The SMILES string of the molecule is CCc1ccc(NC(=O)c2ccccc2N2C(=O)[C@@H]3Cc4c([nH]c5ccccc45)[C@H](c4cccc(Cl)c4)N3C2=O)cc1. The third-order valence-corrected chi connectivity index (χ3v) is 8.46. The minimum atomic E-state index is -0.745. The summed E-state index contributed by atoms with van der Waals surface area (Å²) in [6.45, 7) is 2.07. The van der Waals surface area contributed by atoms with Crippen molar-refractivity contribution in [3.8, 4) is 0 Å². The molecule has 208 valence electrons. The monoisotopic (exact) mass is 574 g/mol. The average Bonchev–Trinajstić information content (AvgIpc) is 3.50. The smallest absolute Gasteiger partial charge is 0.332 e. The first-order valence-electron chi connectivity index (χ1n) is 13.9. The van der Waals surface area contributed by atoms with Crippen molar-refractivity contribution < 1.29 is 14.4 Å². The summed E-state index contributed by atoms with van der Waals surface area (Å²) in [5, 5.41) is 4.47. The number of hydrogen-bond acceptors (Lipinski definition) is 3. The van der Waals surface area contributed by atoms with Gasteiger partial charge in [-0.1, -0.05) is 73.1 Å². The third-order valence-electron chi connectivity index (χ3n) is 8.22. The molecule has 4 aromatic carbocycles. The Labute approximate surface area is 247 Å². The Kier molecular flexibility index (Phi) is 6.32. The Morgan fingerprint density at radius 2 is 1.71 bits per heavy atom. The van der Waals surface area contributed by atoms with E-state index in [0.717, 1.165) is 44.6 Å². The number of urea groups is 1. The number of carbonyl (C=O) groups excluding carboxylic acids is 3. The summed E-state index contributed by atoms with van der Waals surface area (Å²) < 4.78 is 0. The maximum absolute atomic E-state index is 14.3. The number of hydrogen-bond donors (Lipinski definition) is 2. The summed E-state index contributed by atoms with van der Waals surface area (Å²) in [5.74, 6) is -0.765. The van der Waals surface area contributed by atoms with Crippen LogP contribution < -0.4 is 10.2 Å². The molecule has 1 aromatic heterocycles. The van der Waals surface area contributed by atoms with Crippen molar-refractivity contribution in [3.63, 3.8) is 0 Å². The van der Waals surface area contributed by atoms with E-state index in [-0.39, 0.29) is 17.2 Å². The average molecular weight is 575 g/mol. The van der Waals surface area contributed by atoms with Gasteiger partial charge in [0.15, 0.2) is 0 Å². The number of amides is 4. The first-order valence-corrected chi connectivity index (χ1v) is 14.3. The van der Waals surface area contributed by atoms with Gasteiger partial charge in [-0.25, -0.2) is 9.69 Å². The number of benzene rings is 4. The molecule has 1 fully saturated rings. The summed E-state index contributed by atoms with van der Waals surface area (Å²) in [5.41, 5.74) is 5.89. The number of imide groups is 1. The molecule has 0 bridgehead atoms. The fourth-order valence-electron chi connectivity index (χ4n) is 6.20. The highest BCUT2D eigenvalue weighted by molar-refractivity contribution is 6.30. The van der Waals surface area contributed by atoms with Crippen LogP contribution in [0, 0.1) is 0 Å². The van der Waals surface area contributed by atoms with Gasteiger partial charge in [0.1, 0.15) is 12.1 Å². The van der Waals surface area contributed by atoms with Crippen molar-refractivity contribution >= 4 is 51.7 Å². The van der Waals surface area contributed by atoms with Gasteiger partial charge in [-0.2, -0.15) is 0 Å². The zero-order chi connectivity index (χ0) is 29.0. The number of aromatic nitrogens is 1. The van der Waals surface area contributed by atoms with Crippen LogP contribution in [0.2, 0.25) is 5.02 Å². The lowest BCUT2D eigenvalue weighted by Crippen LogP contribution is -2.44.